The minimum Gasteiger partial charge on any atom is -0.382 e. The molecule has 1 aliphatic rings. The number of pyridine rings is 1. The van der Waals surface area contributed by atoms with Crippen molar-refractivity contribution in [2.45, 2.75) is 53.0 Å². The Labute approximate surface area is 116 Å². The molecule has 0 spiro atoms. The largest absolute Gasteiger partial charge is 0.382 e. The first-order valence-corrected chi connectivity index (χ1v) is 6.92. The summed E-state index contributed by atoms with van der Waals surface area (Å²) in [5.74, 6) is 0. The van der Waals surface area contributed by atoms with E-state index < -0.39 is 0 Å². The van der Waals surface area contributed by atoms with Gasteiger partial charge in [0, 0.05) is 17.9 Å². The van der Waals surface area contributed by atoms with Crippen LogP contribution in [0.25, 0.3) is 0 Å². The molecular weight excluding hydrogens is 234 g/mol. The summed E-state index contributed by atoms with van der Waals surface area (Å²) in [6.07, 6.45) is 5.29. The average molecular weight is 257 g/mol. The Bertz CT molecular complexity index is 481. The molecule has 0 amide bonds. The van der Waals surface area contributed by atoms with Gasteiger partial charge in [0.05, 0.1) is 0 Å². The van der Waals surface area contributed by atoms with Gasteiger partial charge in [-0.3, -0.25) is 0 Å². The maximum Gasteiger partial charge on any atom is 0.142 e. The van der Waals surface area contributed by atoms with Crippen molar-refractivity contribution < 1.29 is 0 Å². The minimum absolute atomic E-state index is 0.366. The lowest BCUT2D eigenvalue weighted by atomic mass is 9.63. The second-order valence-corrected chi connectivity index (χ2v) is 7.30. The number of anilines is 1. The summed E-state index contributed by atoms with van der Waals surface area (Å²) in [6.45, 7) is 9.37. The molecule has 0 unspecified atom stereocenters. The number of hydrogen-bond acceptors (Lipinski definition) is 3. The SMILES string of the molecule is CC1(C)CC(Nc2ccnc(C#N)c2)CC(C)(C)C1. The van der Waals surface area contributed by atoms with E-state index in [1.807, 2.05) is 12.1 Å². The van der Waals surface area contributed by atoms with Crippen LogP contribution in [-0.2, 0) is 0 Å². The van der Waals surface area contributed by atoms with Crippen LogP contribution in [0.3, 0.4) is 0 Å². The molecule has 1 aliphatic carbocycles. The van der Waals surface area contributed by atoms with Crippen LogP contribution in [0, 0.1) is 22.2 Å². The van der Waals surface area contributed by atoms with E-state index in [2.05, 4.69) is 44.1 Å². The van der Waals surface area contributed by atoms with Crippen LogP contribution in [0.5, 0.6) is 0 Å². The second kappa shape index (κ2) is 4.85. The molecule has 0 aromatic carbocycles. The zero-order valence-corrected chi connectivity index (χ0v) is 12.3. The zero-order chi connectivity index (χ0) is 14.1. The number of aromatic nitrogens is 1. The Morgan fingerprint density at radius 1 is 1.26 bits per heavy atom. The van der Waals surface area contributed by atoms with Crippen LogP contribution in [-0.4, -0.2) is 11.0 Å². The lowest BCUT2D eigenvalue weighted by molar-refractivity contribution is 0.105. The maximum atomic E-state index is 8.89. The van der Waals surface area contributed by atoms with Crippen molar-refractivity contribution in [1.29, 1.82) is 5.26 Å². The molecule has 0 atom stereocenters. The number of hydrogen-bond donors (Lipinski definition) is 1. The van der Waals surface area contributed by atoms with E-state index in [-0.39, 0.29) is 0 Å². The first-order chi connectivity index (χ1) is 8.80. The molecule has 1 aromatic heterocycles. The lowest BCUT2D eigenvalue weighted by Gasteiger charge is -2.45. The van der Waals surface area contributed by atoms with Crippen LogP contribution in [0.1, 0.15) is 52.7 Å². The zero-order valence-electron chi connectivity index (χ0n) is 12.3. The summed E-state index contributed by atoms with van der Waals surface area (Å²) in [6, 6.07) is 6.32. The molecule has 3 nitrogen and oxygen atoms in total. The molecule has 1 heterocycles. The van der Waals surface area contributed by atoms with E-state index in [0.29, 0.717) is 22.6 Å². The van der Waals surface area contributed by atoms with Crippen molar-refractivity contribution in [2.75, 3.05) is 5.32 Å². The second-order valence-electron chi connectivity index (χ2n) is 7.30. The third-order valence-electron chi connectivity index (χ3n) is 3.80. The molecule has 2 rings (SSSR count). The van der Waals surface area contributed by atoms with Gasteiger partial charge in [0.15, 0.2) is 0 Å². The molecule has 0 aliphatic heterocycles. The Balaban J connectivity index is 2.12. The normalized spacial score (nSPS) is 21.6. The van der Waals surface area contributed by atoms with Crippen LogP contribution in [0.15, 0.2) is 18.3 Å². The van der Waals surface area contributed by atoms with Gasteiger partial charge < -0.3 is 5.32 Å². The Morgan fingerprint density at radius 2 is 1.89 bits per heavy atom. The predicted octanol–water partition coefficient (Wildman–Crippen LogP) is 3.97. The monoisotopic (exact) mass is 257 g/mol. The first kappa shape index (κ1) is 13.9. The molecule has 102 valence electrons. The highest BCUT2D eigenvalue weighted by Gasteiger charge is 2.38. The van der Waals surface area contributed by atoms with E-state index in [1.165, 1.54) is 19.3 Å². The molecule has 3 heteroatoms. The summed E-state index contributed by atoms with van der Waals surface area (Å²) in [5.41, 5.74) is 2.21. The van der Waals surface area contributed by atoms with Gasteiger partial charge in [0.2, 0.25) is 0 Å². The van der Waals surface area contributed by atoms with Crippen molar-refractivity contribution in [1.82, 2.24) is 4.98 Å². The average Bonchev–Trinajstić information content (AvgIpc) is 2.24. The minimum atomic E-state index is 0.366. The molecule has 19 heavy (non-hydrogen) atoms. The van der Waals surface area contributed by atoms with Crippen LogP contribution in [0.2, 0.25) is 0 Å². The smallest absolute Gasteiger partial charge is 0.142 e. The maximum absolute atomic E-state index is 8.89. The van der Waals surface area contributed by atoms with Crippen molar-refractivity contribution in [2.24, 2.45) is 10.8 Å². The Hall–Kier alpha value is -1.56. The highest BCUT2D eigenvalue weighted by Crippen LogP contribution is 2.46. The molecule has 0 bridgehead atoms. The van der Waals surface area contributed by atoms with Crippen molar-refractivity contribution in [3.8, 4) is 6.07 Å². The van der Waals surface area contributed by atoms with Gasteiger partial charge in [-0.05, 0) is 42.2 Å². The lowest BCUT2D eigenvalue weighted by Crippen LogP contribution is -2.40. The van der Waals surface area contributed by atoms with Crippen molar-refractivity contribution in [3.05, 3.63) is 24.0 Å². The fourth-order valence-electron chi connectivity index (χ4n) is 3.77. The van der Waals surface area contributed by atoms with E-state index in [1.54, 1.807) is 6.20 Å². The fourth-order valence-corrected chi connectivity index (χ4v) is 3.77. The topological polar surface area (TPSA) is 48.7 Å². The summed E-state index contributed by atoms with van der Waals surface area (Å²) in [4.78, 5) is 4.01. The summed E-state index contributed by atoms with van der Waals surface area (Å²) < 4.78 is 0. The van der Waals surface area contributed by atoms with Crippen molar-refractivity contribution >= 4 is 5.69 Å². The van der Waals surface area contributed by atoms with Gasteiger partial charge in [0.1, 0.15) is 11.8 Å². The first-order valence-electron chi connectivity index (χ1n) is 6.92. The van der Waals surface area contributed by atoms with Gasteiger partial charge in [0.25, 0.3) is 0 Å². The predicted molar refractivity (Wildman–Crippen MR) is 77.8 cm³/mol. The van der Waals surface area contributed by atoms with E-state index in [4.69, 9.17) is 5.26 Å². The summed E-state index contributed by atoms with van der Waals surface area (Å²) >= 11 is 0. The van der Waals surface area contributed by atoms with Gasteiger partial charge in [-0.2, -0.15) is 5.26 Å². The van der Waals surface area contributed by atoms with Crippen LogP contribution < -0.4 is 5.32 Å². The highest BCUT2D eigenvalue weighted by molar-refractivity contribution is 5.46. The molecular formula is C16H23N3. The molecule has 1 aromatic rings. The van der Waals surface area contributed by atoms with Gasteiger partial charge in [-0.1, -0.05) is 27.7 Å². The van der Waals surface area contributed by atoms with E-state index in [9.17, 15) is 0 Å². The van der Waals surface area contributed by atoms with Gasteiger partial charge in [-0.15, -0.1) is 0 Å². The van der Waals surface area contributed by atoms with Gasteiger partial charge >= 0.3 is 0 Å². The van der Waals surface area contributed by atoms with Crippen LogP contribution >= 0.6 is 0 Å². The molecule has 0 saturated heterocycles. The Kier molecular flexibility index (Phi) is 3.54. The third-order valence-corrected chi connectivity index (χ3v) is 3.80. The summed E-state index contributed by atoms with van der Waals surface area (Å²) in [5, 5.41) is 12.5. The fraction of sp³-hybridized carbons (Fsp3) is 0.625. The van der Waals surface area contributed by atoms with E-state index >= 15 is 0 Å². The van der Waals surface area contributed by atoms with Crippen molar-refractivity contribution in [3.63, 3.8) is 0 Å². The Morgan fingerprint density at radius 3 is 2.47 bits per heavy atom. The summed E-state index contributed by atoms with van der Waals surface area (Å²) in [7, 11) is 0. The number of rotatable bonds is 2. The van der Waals surface area contributed by atoms with E-state index in [0.717, 1.165) is 5.69 Å². The molecule has 1 saturated carbocycles. The molecule has 1 fully saturated rings. The number of nitrogens with zero attached hydrogens (tertiary/aromatic N) is 2. The van der Waals surface area contributed by atoms with Crippen LogP contribution in [0.4, 0.5) is 5.69 Å². The molecule has 1 N–H and O–H groups in total. The van der Waals surface area contributed by atoms with Gasteiger partial charge in [-0.25, -0.2) is 4.98 Å². The number of nitriles is 1. The number of nitrogens with one attached hydrogen (secondary N) is 1. The standard InChI is InChI=1S/C16H23N3/c1-15(2)8-14(9-16(3,4)11-15)19-12-5-6-18-13(7-12)10-17/h5-7,14H,8-9,11H2,1-4H3,(H,18,19). The quantitative estimate of drug-likeness (QED) is 0.872. The third kappa shape index (κ3) is 3.70. The highest BCUT2D eigenvalue weighted by atomic mass is 14.9. The molecule has 0 radical (unpaired) electrons.